The van der Waals surface area contributed by atoms with Crippen molar-refractivity contribution < 1.29 is 100 Å². The summed E-state index contributed by atoms with van der Waals surface area (Å²) in [6.45, 7) is 17.4. The first-order valence-electron chi connectivity index (χ1n) is 37.3. The van der Waals surface area contributed by atoms with Crippen LogP contribution in [0.5, 0.6) is 17.2 Å². The zero-order chi connectivity index (χ0) is 76.7. The number of aryl methyl sites for hydroxylation is 1. The molecule has 108 heavy (non-hydrogen) atoms. The number of allylic oxidation sites excluding steroid dienone is 1. The highest BCUT2D eigenvalue weighted by Gasteiger charge is 2.43. The lowest BCUT2D eigenvalue weighted by atomic mass is 9.88. The number of carbonyl (C=O) groups excluding carboxylic acids is 8. The average Bonchev–Trinajstić information content (AvgIpc) is 1.45. The highest BCUT2D eigenvalue weighted by atomic mass is 16.6. The van der Waals surface area contributed by atoms with Crippen LogP contribution >= 0.6 is 0 Å². The van der Waals surface area contributed by atoms with Gasteiger partial charge in [0.05, 0.1) is 161 Å². The number of nitrogens with one attached hydrogen (secondary N) is 2. The van der Waals surface area contributed by atoms with Gasteiger partial charge in [0.2, 0.25) is 11.8 Å². The summed E-state index contributed by atoms with van der Waals surface area (Å²) in [5.41, 5.74) is 7.95. The minimum atomic E-state index is -1.25. The van der Waals surface area contributed by atoms with Gasteiger partial charge in [-0.2, -0.15) is 0 Å². The van der Waals surface area contributed by atoms with Crippen LogP contribution in [-0.4, -0.2) is 243 Å². The first-order chi connectivity index (χ1) is 52.4. The summed E-state index contributed by atoms with van der Waals surface area (Å²) >= 11 is 0. The first kappa shape index (κ1) is 83.2. The number of ether oxygens (including phenoxy) is 12. The third kappa shape index (κ3) is 24.9. The summed E-state index contributed by atoms with van der Waals surface area (Å²) in [5.74, 6) is -1.37. The zero-order valence-electron chi connectivity index (χ0n) is 63.0. The Morgan fingerprint density at radius 3 is 1.85 bits per heavy atom. The number of ketones is 2. The molecule has 0 bridgehead atoms. The molecule has 0 aromatic heterocycles. The SMILES string of the molecule is C/C=C1/C[C@H]2C(O)N(C(=O)OCc3ccc(CC(=O)[C@H](C)NC(=O)[C@@H](CC(=O)CCOCCOCCOCCOCCOCCOCCOCCOCCNC(=O)CCN4C(=O)C=CC4=O)C(C)C)cc3)c3cc(OCCCOc4cc5c(cc4OC)C(=O)N4Cc6ccccc6CC4C=N5)c(C)cc3CN2C1. The molecular formula is C80H105N7O21. The molecule has 9 rings (SSSR count). The van der Waals surface area contributed by atoms with E-state index in [0.29, 0.717) is 183 Å². The van der Waals surface area contributed by atoms with E-state index in [2.05, 4.69) is 33.7 Å². The van der Waals surface area contributed by atoms with Crippen LogP contribution in [0.1, 0.15) is 104 Å². The molecule has 0 spiro atoms. The number of anilines is 1. The molecule has 5 atom stereocenters. The van der Waals surface area contributed by atoms with Crippen LogP contribution in [0.15, 0.2) is 102 Å². The van der Waals surface area contributed by atoms with Gasteiger partial charge in [-0.3, -0.25) is 48.4 Å². The van der Waals surface area contributed by atoms with Crippen molar-refractivity contribution >= 4 is 64.8 Å². The quantitative estimate of drug-likeness (QED) is 0.0229. The number of rotatable bonds is 47. The zero-order valence-corrected chi connectivity index (χ0v) is 63.0. The molecule has 0 saturated carbocycles. The molecule has 6 amide bonds. The third-order valence-corrected chi connectivity index (χ3v) is 19.2. The minimum absolute atomic E-state index is 0.00300. The second-order valence-electron chi connectivity index (χ2n) is 27.2. The number of imide groups is 1. The number of carbonyl (C=O) groups is 8. The Bertz CT molecular complexity index is 3750. The molecule has 1 fully saturated rings. The van der Waals surface area contributed by atoms with Crippen molar-refractivity contribution in [2.24, 2.45) is 16.8 Å². The molecule has 4 aromatic carbocycles. The number of hydrogen-bond acceptors (Lipinski definition) is 23. The van der Waals surface area contributed by atoms with Crippen molar-refractivity contribution in [2.45, 2.75) is 124 Å². The van der Waals surface area contributed by atoms with E-state index in [1.807, 2.05) is 57.0 Å². The number of benzene rings is 4. The van der Waals surface area contributed by atoms with Crippen LogP contribution in [0.25, 0.3) is 0 Å². The topological polar surface area (TPSA) is 317 Å². The summed E-state index contributed by atoms with van der Waals surface area (Å²) in [7, 11) is 1.54. The summed E-state index contributed by atoms with van der Waals surface area (Å²) in [6.07, 6.45) is 6.18. The summed E-state index contributed by atoms with van der Waals surface area (Å²) in [4.78, 5) is 115. The average molecular weight is 1500 g/mol. The van der Waals surface area contributed by atoms with Crippen LogP contribution in [0.3, 0.4) is 0 Å². The fourth-order valence-electron chi connectivity index (χ4n) is 13.0. The van der Waals surface area contributed by atoms with Gasteiger partial charge in [0.25, 0.3) is 17.7 Å². The largest absolute Gasteiger partial charge is 0.493 e. The second-order valence-corrected chi connectivity index (χ2v) is 27.2. The fraction of sp³-hybridized carbons (Fsp3) is 0.537. The lowest BCUT2D eigenvalue weighted by molar-refractivity contribution is -0.137. The number of aliphatic hydroxyl groups is 1. The maximum atomic E-state index is 14.4. The maximum Gasteiger partial charge on any atom is 0.416 e. The predicted octanol–water partition coefficient (Wildman–Crippen LogP) is 6.93. The van der Waals surface area contributed by atoms with Crippen LogP contribution in [-0.2, 0) is 104 Å². The Morgan fingerprint density at radius 2 is 1.24 bits per heavy atom. The van der Waals surface area contributed by atoms with Crippen LogP contribution in [0.2, 0.25) is 0 Å². The van der Waals surface area contributed by atoms with Crippen molar-refractivity contribution in [1.29, 1.82) is 0 Å². The second kappa shape index (κ2) is 43.4. The molecule has 5 heterocycles. The van der Waals surface area contributed by atoms with Crippen LogP contribution in [0.4, 0.5) is 16.2 Å². The lowest BCUT2D eigenvalue weighted by Gasteiger charge is -2.34. The number of aliphatic imine (C=N–C) groups is 1. The molecular weight excluding hydrogens is 1390 g/mol. The van der Waals surface area contributed by atoms with Gasteiger partial charge in [-0.1, -0.05) is 74.0 Å². The van der Waals surface area contributed by atoms with Gasteiger partial charge in [-0.05, 0) is 85.0 Å². The van der Waals surface area contributed by atoms with Crippen molar-refractivity contribution in [1.82, 2.24) is 25.3 Å². The molecule has 0 aliphatic carbocycles. The number of fused-ring (bicyclic) bond motifs is 5. The van der Waals surface area contributed by atoms with E-state index in [1.54, 1.807) is 49.4 Å². The van der Waals surface area contributed by atoms with Gasteiger partial charge in [0, 0.05) is 101 Å². The Labute approximate surface area is 631 Å². The number of methoxy groups -OCH3 is 1. The maximum absolute atomic E-state index is 14.4. The third-order valence-electron chi connectivity index (χ3n) is 19.2. The first-order valence-corrected chi connectivity index (χ1v) is 37.3. The predicted molar refractivity (Wildman–Crippen MR) is 398 cm³/mol. The van der Waals surface area contributed by atoms with Gasteiger partial charge in [0.1, 0.15) is 18.1 Å². The van der Waals surface area contributed by atoms with E-state index >= 15 is 0 Å². The molecule has 2 unspecified atom stereocenters. The van der Waals surface area contributed by atoms with E-state index < -0.39 is 36.1 Å². The van der Waals surface area contributed by atoms with Gasteiger partial charge in [0.15, 0.2) is 23.5 Å². The Hall–Kier alpha value is -8.81. The van der Waals surface area contributed by atoms with Gasteiger partial charge >= 0.3 is 6.09 Å². The highest BCUT2D eigenvalue weighted by molar-refractivity contribution is 6.13. The molecule has 28 heteroatoms. The van der Waals surface area contributed by atoms with E-state index in [4.69, 9.17) is 61.8 Å². The molecule has 1 saturated heterocycles. The fourth-order valence-corrected chi connectivity index (χ4v) is 13.0. The van der Waals surface area contributed by atoms with E-state index in [1.165, 1.54) is 29.7 Å². The van der Waals surface area contributed by atoms with Crippen molar-refractivity contribution in [3.8, 4) is 17.2 Å². The van der Waals surface area contributed by atoms with Crippen molar-refractivity contribution in [3.63, 3.8) is 0 Å². The van der Waals surface area contributed by atoms with Gasteiger partial charge in [-0.25, -0.2) is 9.69 Å². The standard InChI is InChI=1S/C80H105N7O21/c1-7-57-42-69-79(95)87(68-48-71(55(4)41-62(68)51-84(69)50-57)106-23-10-24-107-73-47-67-66(46-72(73)97-6)78(94)86-52-61-12-9-8-11-60(61)44-63(86)49-82-67)80(96)108-53-59-15-13-58(14-16-59)43-70(89)56(5)83-77(93)65(54(2)3)45-64(88)20-25-98-27-29-100-31-33-102-35-37-104-39-40-105-38-36-103-34-32-101-30-28-99-26-21-81-74(90)19-22-85-75(91)17-18-76(85)92/h7-9,11-18,41,46-49,54,56,63,65,69,79,95H,10,19-40,42-45,50-53H2,1-6H3,(H,81,90)(H,83,93)/b57-7-/t56-,63?,65-,69-,79?/m0/s1. The number of aliphatic hydroxyl groups excluding tert-OH is 1. The number of amides is 6. The lowest BCUT2D eigenvalue weighted by Crippen LogP contribution is -2.50. The molecule has 4 aromatic rings. The van der Waals surface area contributed by atoms with Gasteiger partial charge < -0.3 is 77.5 Å². The molecule has 3 N–H and O–H groups in total. The Kier molecular flexibility index (Phi) is 33.4. The van der Waals surface area contributed by atoms with Crippen LogP contribution in [0, 0.1) is 18.8 Å². The Morgan fingerprint density at radius 1 is 0.648 bits per heavy atom. The summed E-state index contributed by atoms with van der Waals surface area (Å²) in [6, 6.07) is 21.1. The van der Waals surface area contributed by atoms with E-state index in [9.17, 15) is 43.5 Å². The number of Topliss-reactive ketones (excluding diaryl/α,β-unsaturated/α-hetero) is 2. The number of nitrogens with zero attached hydrogens (tertiary/aromatic N) is 5. The monoisotopic (exact) mass is 1500 g/mol. The Balaban J connectivity index is 0.601. The highest BCUT2D eigenvalue weighted by Crippen LogP contribution is 2.41. The van der Waals surface area contributed by atoms with Crippen LogP contribution < -0.4 is 29.7 Å². The smallest absolute Gasteiger partial charge is 0.416 e. The van der Waals surface area contributed by atoms with Crippen molar-refractivity contribution in [2.75, 3.05) is 151 Å². The van der Waals surface area contributed by atoms with E-state index in [0.717, 1.165) is 27.2 Å². The van der Waals surface area contributed by atoms with Crippen molar-refractivity contribution in [3.05, 3.63) is 136 Å². The molecule has 586 valence electrons. The molecule has 0 radical (unpaired) electrons. The summed E-state index contributed by atoms with van der Waals surface area (Å²) < 4.78 is 68.5. The molecule has 28 nitrogen and oxygen atoms in total. The minimum Gasteiger partial charge on any atom is -0.493 e. The normalized spacial score (nSPS) is 17.6. The van der Waals surface area contributed by atoms with Gasteiger partial charge in [-0.15, -0.1) is 0 Å². The molecule has 5 aliphatic heterocycles. The summed E-state index contributed by atoms with van der Waals surface area (Å²) in [5, 5.41) is 17.6. The van der Waals surface area contributed by atoms with E-state index in [-0.39, 0.29) is 113 Å². The number of hydrogen-bond donors (Lipinski definition) is 3. The molecule has 5 aliphatic rings.